The van der Waals surface area contributed by atoms with Gasteiger partial charge in [0.2, 0.25) is 0 Å². The molecule has 0 fully saturated rings. The van der Waals surface area contributed by atoms with Crippen LogP contribution in [0.25, 0.3) is 0 Å². The largest absolute Gasteiger partial charge is 0.481 e. The second kappa shape index (κ2) is 17.7. The summed E-state index contributed by atoms with van der Waals surface area (Å²) in [5, 5.41) is 15.8. The lowest BCUT2D eigenvalue weighted by atomic mass is 10.1. The number of aliphatic carboxylic acids is 2. The quantitative estimate of drug-likeness (QED) is 0.428. The first-order valence-electron chi connectivity index (χ1n) is 7.59. The first-order chi connectivity index (χ1) is 9.54. The van der Waals surface area contributed by atoms with Gasteiger partial charge in [-0.3, -0.25) is 9.59 Å². The second-order valence-electron chi connectivity index (χ2n) is 4.77. The van der Waals surface area contributed by atoms with Crippen LogP contribution in [0.4, 0.5) is 0 Å². The molecule has 0 saturated carbocycles. The molecule has 20 heavy (non-hydrogen) atoms. The number of unbranched alkanes of at least 4 members (excludes halogenated alkanes) is 7. The Bertz CT molecular complexity index is 245. The van der Waals surface area contributed by atoms with Crippen LogP contribution in [0.2, 0.25) is 0 Å². The van der Waals surface area contributed by atoms with Gasteiger partial charge in [-0.1, -0.05) is 57.6 Å². The molecule has 0 spiro atoms. The molecular formula is C16H30O4. The van der Waals surface area contributed by atoms with E-state index in [0.29, 0.717) is 0 Å². The molecule has 0 aliphatic rings. The van der Waals surface area contributed by atoms with Gasteiger partial charge in [0.25, 0.3) is 0 Å². The summed E-state index contributed by atoms with van der Waals surface area (Å²) in [6, 6.07) is 0. The molecule has 0 aliphatic carbocycles. The molecule has 0 atom stereocenters. The molecule has 0 heterocycles. The fraction of sp³-hybridized carbons (Fsp3) is 0.750. The minimum absolute atomic E-state index is 0.296. The Kier molecular flexibility index (Phi) is 18.6. The summed E-state index contributed by atoms with van der Waals surface area (Å²) >= 11 is 0. The smallest absolute Gasteiger partial charge is 0.303 e. The maximum absolute atomic E-state index is 9.64. The van der Waals surface area contributed by atoms with Crippen LogP contribution in [0.5, 0.6) is 0 Å². The molecule has 0 aliphatic heterocycles. The van der Waals surface area contributed by atoms with E-state index >= 15 is 0 Å². The van der Waals surface area contributed by atoms with E-state index in [9.17, 15) is 9.59 Å². The van der Waals surface area contributed by atoms with Gasteiger partial charge in [-0.2, -0.15) is 0 Å². The highest BCUT2D eigenvalue weighted by Crippen LogP contribution is 2.08. The monoisotopic (exact) mass is 286 g/mol. The van der Waals surface area contributed by atoms with Crippen molar-refractivity contribution in [2.45, 2.75) is 78.1 Å². The lowest BCUT2D eigenvalue weighted by Gasteiger charge is -1.98. The summed E-state index contributed by atoms with van der Waals surface area (Å²) < 4.78 is 0. The van der Waals surface area contributed by atoms with E-state index in [2.05, 4.69) is 26.0 Å². The summed E-state index contributed by atoms with van der Waals surface area (Å²) in [5.41, 5.74) is 0. The van der Waals surface area contributed by atoms with Gasteiger partial charge in [0.1, 0.15) is 0 Å². The van der Waals surface area contributed by atoms with Crippen LogP contribution in [-0.2, 0) is 9.59 Å². The van der Waals surface area contributed by atoms with Crippen LogP contribution >= 0.6 is 0 Å². The van der Waals surface area contributed by atoms with Crippen LogP contribution in [0.3, 0.4) is 0 Å². The molecule has 0 radical (unpaired) electrons. The number of allylic oxidation sites excluding steroid dienone is 2. The van der Waals surface area contributed by atoms with Crippen molar-refractivity contribution in [1.82, 2.24) is 0 Å². The second-order valence-corrected chi connectivity index (χ2v) is 4.77. The Hall–Kier alpha value is -1.32. The van der Waals surface area contributed by atoms with Gasteiger partial charge in [0, 0.05) is 0 Å². The maximum atomic E-state index is 9.64. The van der Waals surface area contributed by atoms with Crippen molar-refractivity contribution in [2.24, 2.45) is 0 Å². The number of carbonyl (C=O) groups is 2. The Balaban J connectivity index is 0. The van der Waals surface area contributed by atoms with Crippen molar-refractivity contribution in [2.75, 3.05) is 0 Å². The minimum Gasteiger partial charge on any atom is -0.481 e. The number of carboxylic acid groups (broad SMARTS) is 2. The number of rotatable bonds is 11. The standard InChI is InChI=1S/C12H24.C4H6O4/c1-3-5-7-9-11-12-10-8-6-4-2;5-3(6)1-2-4(7)8/h3,5H,4,6-12H2,1-2H3;1-2H2,(H,5,6)(H,7,8). The molecule has 0 unspecified atom stereocenters. The topological polar surface area (TPSA) is 74.6 Å². The normalized spacial score (nSPS) is 10.1. The van der Waals surface area contributed by atoms with Crippen molar-refractivity contribution in [3.8, 4) is 0 Å². The van der Waals surface area contributed by atoms with Crippen molar-refractivity contribution < 1.29 is 19.8 Å². The number of hydrogen-bond donors (Lipinski definition) is 2. The average molecular weight is 286 g/mol. The molecule has 0 bridgehead atoms. The molecule has 2 N–H and O–H groups in total. The van der Waals surface area contributed by atoms with Gasteiger partial charge < -0.3 is 10.2 Å². The van der Waals surface area contributed by atoms with E-state index in [1.54, 1.807) is 0 Å². The summed E-state index contributed by atoms with van der Waals surface area (Å²) in [5.74, 6) is -2.15. The van der Waals surface area contributed by atoms with Crippen LogP contribution in [0, 0.1) is 0 Å². The lowest BCUT2D eigenvalue weighted by molar-refractivity contribution is -0.143. The minimum atomic E-state index is -1.08. The van der Waals surface area contributed by atoms with Gasteiger partial charge in [-0.15, -0.1) is 0 Å². The van der Waals surface area contributed by atoms with Crippen molar-refractivity contribution in [3.63, 3.8) is 0 Å². The SMILES string of the molecule is CC=CCCCCCCCCC.O=C(O)CCC(=O)O. The molecule has 0 rings (SSSR count). The zero-order chi connectivity index (χ0) is 15.6. The van der Waals surface area contributed by atoms with Crippen LogP contribution < -0.4 is 0 Å². The highest BCUT2D eigenvalue weighted by Gasteiger charge is 2.00. The Morgan fingerprint density at radius 2 is 1.30 bits per heavy atom. The van der Waals surface area contributed by atoms with E-state index < -0.39 is 11.9 Å². The fourth-order valence-electron chi connectivity index (χ4n) is 1.60. The molecule has 118 valence electrons. The van der Waals surface area contributed by atoms with Crippen LogP contribution in [0.15, 0.2) is 12.2 Å². The van der Waals surface area contributed by atoms with Gasteiger partial charge in [0.05, 0.1) is 12.8 Å². The van der Waals surface area contributed by atoms with Crippen molar-refractivity contribution in [1.29, 1.82) is 0 Å². The summed E-state index contributed by atoms with van der Waals surface area (Å²) in [7, 11) is 0. The Morgan fingerprint density at radius 1 is 0.850 bits per heavy atom. The molecule has 4 heteroatoms. The number of carboxylic acids is 2. The predicted octanol–water partition coefficient (Wildman–Crippen LogP) is 4.64. The Labute approximate surface area is 122 Å². The van der Waals surface area contributed by atoms with Crippen molar-refractivity contribution in [3.05, 3.63) is 12.2 Å². The van der Waals surface area contributed by atoms with Gasteiger partial charge in [-0.05, 0) is 19.8 Å². The molecule has 0 aromatic carbocycles. The Morgan fingerprint density at radius 3 is 1.70 bits per heavy atom. The lowest BCUT2D eigenvalue weighted by Crippen LogP contribution is -2.00. The third-order valence-corrected chi connectivity index (χ3v) is 2.76. The van der Waals surface area contributed by atoms with E-state index in [0.717, 1.165) is 0 Å². The van der Waals surface area contributed by atoms with Gasteiger partial charge >= 0.3 is 11.9 Å². The predicted molar refractivity (Wildman–Crippen MR) is 81.9 cm³/mol. The van der Waals surface area contributed by atoms with E-state index in [1.165, 1.54) is 51.4 Å². The molecule has 0 amide bonds. The van der Waals surface area contributed by atoms with E-state index in [-0.39, 0.29) is 12.8 Å². The third-order valence-electron chi connectivity index (χ3n) is 2.76. The van der Waals surface area contributed by atoms with E-state index in [1.807, 2.05) is 0 Å². The van der Waals surface area contributed by atoms with Crippen molar-refractivity contribution >= 4 is 11.9 Å². The molecule has 0 aromatic rings. The first kappa shape index (κ1) is 21.0. The maximum Gasteiger partial charge on any atom is 0.303 e. The summed E-state index contributed by atoms with van der Waals surface area (Å²) in [6.45, 7) is 4.37. The highest BCUT2D eigenvalue weighted by atomic mass is 16.4. The third kappa shape index (κ3) is 25.5. The molecular weight excluding hydrogens is 256 g/mol. The molecule has 0 saturated heterocycles. The zero-order valence-corrected chi connectivity index (χ0v) is 12.9. The number of hydrogen-bond acceptors (Lipinski definition) is 2. The fourth-order valence-corrected chi connectivity index (χ4v) is 1.60. The van der Waals surface area contributed by atoms with Gasteiger partial charge in [0.15, 0.2) is 0 Å². The van der Waals surface area contributed by atoms with Gasteiger partial charge in [-0.25, -0.2) is 0 Å². The van der Waals surface area contributed by atoms with E-state index in [4.69, 9.17) is 10.2 Å². The summed E-state index contributed by atoms with van der Waals surface area (Å²) in [6.07, 6.45) is 15.0. The zero-order valence-electron chi connectivity index (χ0n) is 12.9. The molecule has 4 nitrogen and oxygen atoms in total. The highest BCUT2D eigenvalue weighted by molar-refractivity contribution is 5.75. The molecule has 0 aromatic heterocycles. The van der Waals surface area contributed by atoms with Crippen LogP contribution in [-0.4, -0.2) is 22.2 Å². The summed E-state index contributed by atoms with van der Waals surface area (Å²) in [4.78, 5) is 19.3. The van der Waals surface area contributed by atoms with Crippen LogP contribution in [0.1, 0.15) is 78.1 Å². The average Bonchev–Trinajstić information content (AvgIpc) is 2.40. The first-order valence-corrected chi connectivity index (χ1v) is 7.59.